The maximum absolute atomic E-state index is 12.5. The molecule has 1 aromatic carbocycles. The van der Waals surface area contributed by atoms with E-state index in [1.165, 1.54) is 0 Å². The number of piperidine rings is 1. The van der Waals surface area contributed by atoms with Gasteiger partial charge in [0.15, 0.2) is 0 Å². The molecule has 0 unspecified atom stereocenters. The Labute approximate surface area is 125 Å². The third-order valence-electron chi connectivity index (χ3n) is 4.02. The number of hydrogen-bond donors (Lipinski definition) is 1. The van der Waals surface area contributed by atoms with Crippen LogP contribution in [0.3, 0.4) is 0 Å². The van der Waals surface area contributed by atoms with Gasteiger partial charge in [0, 0.05) is 32.2 Å². The number of amides is 2. The van der Waals surface area contributed by atoms with Crippen molar-refractivity contribution in [2.45, 2.75) is 26.2 Å². The highest BCUT2D eigenvalue weighted by Gasteiger charge is 2.26. The normalized spacial score (nSPS) is 15.8. The summed E-state index contributed by atoms with van der Waals surface area (Å²) in [6.45, 7) is 3.26. The number of likely N-dealkylation sites (tertiary alicyclic amines) is 1. The fourth-order valence-corrected chi connectivity index (χ4v) is 2.73. The largest absolute Gasteiger partial charge is 0.481 e. The molecular formula is C16H22N2O3. The van der Waals surface area contributed by atoms with Crippen LogP contribution in [-0.4, -0.2) is 42.1 Å². The summed E-state index contributed by atoms with van der Waals surface area (Å²) in [4.78, 5) is 26.7. The Morgan fingerprint density at radius 1 is 1.33 bits per heavy atom. The number of benzene rings is 1. The minimum atomic E-state index is -0.753. The number of rotatable bonds is 3. The van der Waals surface area contributed by atoms with Crippen molar-refractivity contribution in [1.82, 2.24) is 4.90 Å². The van der Waals surface area contributed by atoms with Crippen molar-refractivity contribution in [3.8, 4) is 0 Å². The van der Waals surface area contributed by atoms with E-state index in [0.29, 0.717) is 13.1 Å². The molecule has 1 saturated heterocycles. The van der Waals surface area contributed by atoms with Crippen LogP contribution in [0.1, 0.15) is 24.8 Å². The number of carboxylic acids is 1. The van der Waals surface area contributed by atoms with E-state index in [0.717, 1.165) is 24.1 Å². The Morgan fingerprint density at radius 2 is 2.00 bits per heavy atom. The van der Waals surface area contributed by atoms with Gasteiger partial charge in [-0.05, 0) is 43.4 Å². The highest BCUT2D eigenvalue weighted by atomic mass is 16.4. The lowest BCUT2D eigenvalue weighted by Gasteiger charge is -2.34. The summed E-state index contributed by atoms with van der Waals surface area (Å²) in [6, 6.07) is 7.82. The van der Waals surface area contributed by atoms with Gasteiger partial charge in [0.25, 0.3) is 0 Å². The first-order valence-corrected chi connectivity index (χ1v) is 7.28. The minimum Gasteiger partial charge on any atom is -0.481 e. The number of urea groups is 1. The van der Waals surface area contributed by atoms with E-state index < -0.39 is 5.97 Å². The Balaban J connectivity index is 1.94. The summed E-state index contributed by atoms with van der Waals surface area (Å²) in [5, 5.41) is 8.81. The lowest BCUT2D eigenvalue weighted by molar-refractivity contribution is -0.138. The van der Waals surface area contributed by atoms with Crippen LogP contribution < -0.4 is 4.90 Å². The molecule has 5 heteroatoms. The molecule has 1 N–H and O–H groups in total. The lowest BCUT2D eigenvalue weighted by atomic mass is 9.94. The summed E-state index contributed by atoms with van der Waals surface area (Å²) in [5.41, 5.74) is 2.00. The van der Waals surface area contributed by atoms with Crippen LogP contribution in [-0.2, 0) is 4.79 Å². The zero-order chi connectivity index (χ0) is 15.4. The molecule has 114 valence electrons. The molecule has 2 amide bonds. The maximum Gasteiger partial charge on any atom is 0.324 e. The maximum atomic E-state index is 12.5. The average molecular weight is 290 g/mol. The Bertz CT molecular complexity index is 522. The van der Waals surface area contributed by atoms with Crippen LogP contribution in [0.5, 0.6) is 0 Å². The standard InChI is InChI=1S/C16H22N2O3/c1-12-4-3-5-14(10-12)17(2)16(21)18-8-6-13(7-9-18)11-15(19)20/h3-5,10,13H,6-9,11H2,1-2H3,(H,19,20). The molecule has 0 spiro atoms. The van der Waals surface area contributed by atoms with Crippen molar-refractivity contribution in [2.75, 3.05) is 25.0 Å². The quantitative estimate of drug-likeness (QED) is 0.931. The number of carboxylic acid groups (broad SMARTS) is 1. The fourth-order valence-electron chi connectivity index (χ4n) is 2.73. The van der Waals surface area contributed by atoms with Crippen molar-refractivity contribution in [2.24, 2.45) is 5.92 Å². The smallest absolute Gasteiger partial charge is 0.324 e. The lowest BCUT2D eigenvalue weighted by Crippen LogP contribution is -2.45. The molecule has 2 rings (SSSR count). The summed E-state index contributed by atoms with van der Waals surface area (Å²) in [6.07, 6.45) is 1.73. The summed E-state index contributed by atoms with van der Waals surface area (Å²) in [5.74, 6) is -0.563. The van der Waals surface area contributed by atoms with E-state index in [1.54, 1.807) is 16.8 Å². The Morgan fingerprint density at radius 3 is 2.57 bits per heavy atom. The highest BCUT2D eigenvalue weighted by molar-refractivity contribution is 5.91. The fraction of sp³-hybridized carbons (Fsp3) is 0.500. The molecule has 0 radical (unpaired) electrons. The molecule has 1 fully saturated rings. The number of aliphatic carboxylic acids is 1. The third kappa shape index (κ3) is 3.97. The SMILES string of the molecule is Cc1cccc(N(C)C(=O)N2CCC(CC(=O)O)CC2)c1. The topological polar surface area (TPSA) is 60.9 Å². The van der Waals surface area contributed by atoms with E-state index in [-0.39, 0.29) is 18.4 Å². The monoisotopic (exact) mass is 290 g/mol. The van der Waals surface area contributed by atoms with E-state index in [9.17, 15) is 9.59 Å². The molecular weight excluding hydrogens is 268 g/mol. The number of anilines is 1. The second-order valence-electron chi connectivity index (χ2n) is 5.71. The van der Waals surface area contributed by atoms with E-state index in [1.807, 2.05) is 31.2 Å². The van der Waals surface area contributed by atoms with Gasteiger partial charge in [0.1, 0.15) is 0 Å². The van der Waals surface area contributed by atoms with Crippen molar-refractivity contribution < 1.29 is 14.7 Å². The number of nitrogens with zero attached hydrogens (tertiary/aromatic N) is 2. The molecule has 1 aliphatic heterocycles. The van der Waals surface area contributed by atoms with Crippen LogP contribution in [0.25, 0.3) is 0 Å². The first kappa shape index (κ1) is 15.4. The number of carbonyl (C=O) groups is 2. The minimum absolute atomic E-state index is 0.0191. The van der Waals surface area contributed by atoms with Crippen LogP contribution in [0.2, 0.25) is 0 Å². The van der Waals surface area contributed by atoms with Gasteiger partial charge in [0.05, 0.1) is 0 Å². The molecule has 5 nitrogen and oxygen atoms in total. The van der Waals surface area contributed by atoms with Crippen LogP contribution in [0, 0.1) is 12.8 Å². The number of carbonyl (C=O) groups excluding carboxylic acids is 1. The van der Waals surface area contributed by atoms with Crippen LogP contribution in [0.15, 0.2) is 24.3 Å². The Kier molecular flexibility index (Phi) is 4.83. The summed E-state index contributed by atoms with van der Waals surface area (Å²) < 4.78 is 0. The second kappa shape index (κ2) is 6.61. The highest BCUT2D eigenvalue weighted by Crippen LogP contribution is 2.23. The molecule has 21 heavy (non-hydrogen) atoms. The molecule has 1 heterocycles. The van der Waals surface area contributed by atoms with E-state index >= 15 is 0 Å². The molecule has 1 aromatic rings. The van der Waals surface area contributed by atoms with Gasteiger partial charge in [-0.15, -0.1) is 0 Å². The van der Waals surface area contributed by atoms with Gasteiger partial charge in [-0.25, -0.2) is 4.79 Å². The van der Waals surface area contributed by atoms with Gasteiger partial charge in [-0.2, -0.15) is 0 Å². The third-order valence-corrected chi connectivity index (χ3v) is 4.02. The summed E-state index contributed by atoms with van der Waals surface area (Å²) in [7, 11) is 1.78. The van der Waals surface area contributed by atoms with Gasteiger partial charge in [0.2, 0.25) is 0 Å². The van der Waals surface area contributed by atoms with Gasteiger partial charge in [-0.3, -0.25) is 9.69 Å². The zero-order valence-corrected chi connectivity index (χ0v) is 12.6. The summed E-state index contributed by atoms with van der Waals surface area (Å²) >= 11 is 0. The van der Waals surface area contributed by atoms with Crippen molar-refractivity contribution in [3.63, 3.8) is 0 Å². The van der Waals surface area contributed by atoms with Gasteiger partial charge < -0.3 is 10.0 Å². The zero-order valence-electron chi connectivity index (χ0n) is 12.6. The van der Waals surface area contributed by atoms with Crippen LogP contribution in [0.4, 0.5) is 10.5 Å². The predicted octanol–water partition coefficient (Wildman–Crippen LogP) is 2.74. The van der Waals surface area contributed by atoms with E-state index in [2.05, 4.69) is 0 Å². The predicted molar refractivity (Wildman–Crippen MR) is 81.5 cm³/mol. The van der Waals surface area contributed by atoms with E-state index in [4.69, 9.17) is 5.11 Å². The van der Waals surface area contributed by atoms with Crippen LogP contribution >= 0.6 is 0 Å². The molecule has 1 aliphatic rings. The molecule has 0 aliphatic carbocycles. The van der Waals surface area contributed by atoms with Crippen molar-refractivity contribution in [1.29, 1.82) is 0 Å². The Hall–Kier alpha value is -2.04. The number of hydrogen-bond acceptors (Lipinski definition) is 2. The average Bonchev–Trinajstić information content (AvgIpc) is 2.46. The van der Waals surface area contributed by atoms with Gasteiger partial charge >= 0.3 is 12.0 Å². The molecule has 0 aromatic heterocycles. The second-order valence-corrected chi connectivity index (χ2v) is 5.71. The molecule has 0 atom stereocenters. The molecule has 0 bridgehead atoms. The first-order chi connectivity index (χ1) is 9.97. The van der Waals surface area contributed by atoms with Crippen molar-refractivity contribution >= 4 is 17.7 Å². The van der Waals surface area contributed by atoms with Gasteiger partial charge in [-0.1, -0.05) is 12.1 Å². The number of aryl methyl sites for hydroxylation is 1. The van der Waals surface area contributed by atoms with Crippen molar-refractivity contribution in [3.05, 3.63) is 29.8 Å². The molecule has 0 saturated carbocycles. The first-order valence-electron chi connectivity index (χ1n) is 7.28.